The average Bonchev–Trinajstić information content (AvgIpc) is 2.78. The highest BCUT2D eigenvalue weighted by atomic mass is 32.2. The first kappa shape index (κ1) is 24.8. The molecule has 0 N–H and O–H groups in total. The molecule has 0 aromatic rings. The van der Waals surface area contributed by atoms with Gasteiger partial charge < -0.3 is 19.3 Å². The Bertz CT molecular complexity index is 819. The lowest BCUT2D eigenvalue weighted by molar-refractivity contribution is -0.143. The van der Waals surface area contributed by atoms with Gasteiger partial charge in [0.05, 0.1) is 30.5 Å². The average molecular weight is 485 g/mol. The molecule has 0 radical (unpaired) electrons. The van der Waals surface area contributed by atoms with Gasteiger partial charge >= 0.3 is 6.09 Å². The minimum Gasteiger partial charge on any atom is -0.446 e. The number of ether oxygens (including phenoxy) is 2. The molecule has 2 aliphatic carbocycles. The lowest BCUT2D eigenvalue weighted by atomic mass is 9.69. The second-order valence-corrected chi connectivity index (χ2v) is 13.0. The maximum absolute atomic E-state index is 13.3. The van der Waals surface area contributed by atoms with Crippen molar-refractivity contribution < 1.29 is 27.5 Å². The topological polar surface area (TPSA) is 93.2 Å². The quantitative estimate of drug-likeness (QED) is 0.611. The molecule has 8 nitrogen and oxygen atoms in total. The minimum atomic E-state index is -2.98. The molecule has 4 atom stereocenters. The summed E-state index contributed by atoms with van der Waals surface area (Å²) in [5, 5.41) is -0.209. The van der Waals surface area contributed by atoms with Crippen molar-refractivity contribution in [3.05, 3.63) is 0 Å². The second-order valence-electron chi connectivity index (χ2n) is 10.7. The zero-order chi connectivity index (χ0) is 23.8. The summed E-state index contributed by atoms with van der Waals surface area (Å²) in [7, 11) is -2.98. The number of hydrogen-bond donors (Lipinski definition) is 0. The molecule has 2 saturated carbocycles. The van der Waals surface area contributed by atoms with E-state index in [9.17, 15) is 18.0 Å². The predicted octanol–water partition coefficient (Wildman–Crippen LogP) is 3.00. The summed E-state index contributed by atoms with van der Waals surface area (Å²) in [4.78, 5) is 29.7. The van der Waals surface area contributed by atoms with Gasteiger partial charge in [0.2, 0.25) is 5.91 Å². The van der Waals surface area contributed by atoms with E-state index in [1.54, 1.807) is 6.92 Å². The fraction of sp³-hybridized carbons (Fsp3) is 0.917. The van der Waals surface area contributed by atoms with Crippen LogP contribution in [0.4, 0.5) is 4.79 Å². The van der Waals surface area contributed by atoms with E-state index in [1.807, 2.05) is 16.7 Å². The summed E-state index contributed by atoms with van der Waals surface area (Å²) in [6.07, 6.45) is 8.55. The number of hydrogen-bond acceptors (Lipinski definition) is 6. The van der Waals surface area contributed by atoms with Gasteiger partial charge in [-0.3, -0.25) is 4.79 Å². The van der Waals surface area contributed by atoms with E-state index in [0.717, 1.165) is 57.8 Å². The van der Waals surface area contributed by atoms with Crippen molar-refractivity contribution in [1.82, 2.24) is 9.80 Å². The number of amides is 2. The van der Waals surface area contributed by atoms with E-state index in [0.29, 0.717) is 31.6 Å². The third-order valence-electron chi connectivity index (χ3n) is 8.54. The fourth-order valence-corrected chi connectivity index (χ4v) is 7.96. The maximum Gasteiger partial charge on any atom is 0.410 e. The van der Waals surface area contributed by atoms with Crippen molar-refractivity contribution in [2.45, 2.75) is 101 Å². The van der Waals surface area contributed by atoms with Gasteiger partial charge in [0.1, 0.15) is 15.9 Å². The molecular weight excluding hydrogens is 444 g/mol. The van der Waals surface area contributed by atoms with Gasteiger partial charge in [0.15, 0.2) is 0 Å². The van der Waals surface area contributed by atoms with Crippen LogP contribution in [0.1, 0.15) is 71.6 Å². The van der Waals surface area contributed by atoms with Crippen molar-refractivity contribution >= 4 is 21.8 Å². The Labute approximate surface area is 198 Å². The molecule has 9 heteroatoms. The molecule has 0 spiro atoms. The van der Waals surface area contributed by atoms with Gasteiger partial charge in [0.25, 0.3) is 0 Å². The molecule has 4 rings (SSSR count). The number of nitrogens with zero attached hydrogens (tertiary/aromatic N) is 2. The van der Waals surface area contributed by atoms with Gasteiger partial charge in [0, 0.05) is 38.6 Å². The minimum absolute atomic E-state index is 0.0251. The molecule has 4 aliphatic rings. The zero-order valence-electron chi connectivity index (χ0n) is 20.3. The van der Waals surface area contributed by atoms with Gasteiger partial charge in [-0.25, -0.2) is 13.2 Å². The third-order valence-corrected chi connectivity index (χ3v) is 10.2. The first-order valence-electron chi connectivity index (χ1n) is 12.7. The standard InChI is InChI=1S/C24H40N2O6S/c1-16-15-25(24(28)32-20-10-12-31-13-11-20)23-14-19(6-9-22(23)26(16)17(2)27)18-4-7-21(8-5-18)33(3,29)30/h16,18-23H,4-15H2,1-3H3/t16-,18?,19?,21?,22?,23?/m0/s1. The lowest BCUT2D eigenvalue weighted by Crippen LogP contribution is -2.67. The van der Waals surface area contributed by atoms with Crippen molar-refractivity contribution in [2.24, 2.45) is 11.8 Å². The molecular formula is C24H40N2O6S. The van der Waals surface area contributed by atoms with Crippen LogP contribution in [-0.4, -0.2) is 85.7 Å². The Balaban J connectivity index is 1.46. The van der Waals surface area contributed by atoms with E-state index in [1.165, 1.54) is 6.26 Å². The molecule has 2 amide bonds. The van der Waals surface area contributed by atoms with Crippen LogP contribution in [0.2, 0.25) is 0 Å². The van der Waals surface area contributed by atoms with Crippen molar-refractivity contribution in [3.8, 4) is 0 Å². The number of fused-ring (bicyclic) bond motifs is 1. The van der Waals surface area contributed by atoms with Crippen LogP contribution < -0.4 is 0 Å². The SMILES string of the molecule is CC(=O)N1C2CCC(C3CCC(S(C)(=O)=O)CC3)CC2N(C(=O)OC2CCOCC2)C[C@@H]1C. The zero-order valence-corrected chi connectivity index (χ0v) is 21.1. The molecule has 33 heavy (non-hydrogen) atoms. The molecule has 2 saturated heterocycles. The number of rotatable bonds is 3. The van der Waals surface area contributed by atoms with Crippen molar-refractivity contribution in [3.63, 3.8) is 0 Å². The normalized spacial score (nSPS) is 36.2. The summed E-state index contributed by atoms with van der Waals surface area (Å²) >= 11 is 0. The fourth-order valence-electron chi connectivity index (χ4n) is 6.83. The van der Waals surface area contributed by atoms with Crippen LogP contribution in [0.15, 0.2) is 0 Å². The van der Waals surface area contributed by atoms with Gasteiger partial charge in [-0.15, -0.1) is 0 Å². The van der Waals surface area contributed by atoms with Crippen LogP contribution in [0, 0.1) is 11.8 Å². The van der Waals surface area contributed by atoms with Gasteiger partial charge in [-0.2, -0.15) is 0 Å². The number of carbonyl (C=O) groups excluding carboxylic acids is 2. The van der Waals surface area contributed by atoms with Crippen LogP contribution in [0.5, 0.6) is 0 Å². The summed E-state index contributed by atoms with van der Waals surface area (Å²) in [5.74, 6) is 1.01. The summed E-state index contributed by atoms with van der Waals surface area (Å²) < 4.78 is 35.2. The van der Waals surface area contributed by atoms with Crippen LogP contribution in [0.25, 0.3) is 0 Å². The molecule has 2 aliphatic heterocycles. The first-order valence-corrected chi connectivity index (χ1v) is 14.6. The molecule has 0 aromatic heterocycles. The Hall–Kier alpha value is -1.35. The Morgan fingerprint density at radius 1 is 0.909 bits per heavy atom. The van der Waals surface area contributed by atoms with E-state index >= 15 is 0 Å². The molecule has 0 aromatic carbocycles. The Kier molecular flexibility index (Phi) is 7.58. The lowest BCUT2D eigenvalue weighted by Gasteiger charge is -2.54. The van der Waals surface area contributed by atoms with E-state index in [2.05, 4.69) is 0 Å². The highest BCUT2D eigenvalue weighted by molar-refractivity contribution is 7.91. The van der Waals surface area contributed by atoms with Crippen molar-refractivity contribution in [2.75, 3.05) is 26.0 Å². The summed E-state index contributed by atoms with van der Waals surface area (Å²) in [5.41, 5.74) is 0. The Morgan fingerprint density at radius 3 is 2.15 bits per heavy atom. The number of sulfone groups is 1. The monoisotopic (exact) mass is 484 g/mol. The third kappa shape index (κ3) is 5.50. The maximum atomic E-state index is 13.3. The van der Waals surface area contributed by atoms with Gasteiger partial charge in [-0.05, 0) is 63.7 Å². The van der Waals surface area contributed by atoms with Crippen molar-refractivity contribution in [1.29, 1.82) is 0 Å². The largest absolute Gasteiger partial charge is 0.446 e. The number of piperazine rings is 1. The smallest absolute Gasteiger partial charge is 0.410 e. The van der Waals surface area contributed by atoms with Crippen LogP contribution in [-0.2, 0) is 24.1 Å². The molecule has 3 unspecified atom stereocenters. The summed E-state index contributed by atoms with van der Waals surface area (Å²) in [6, 6.07) is -0.0475. The highest BCUT2D eigenvalue weighted by Gasteiger charge is 2.48. The van der Waals surface area contributed by atoms with Crippen LogP contribution in [0.3, 0.4) is 0 Å². The summed E-state index contributed by atoms with van der Waals surface area (Å²) in [6.45, 7) is 5.39. The van der Waals surface area contributed by atoms with Crippen LogP contribution >= 0.6 is 0 Å². The molecule has 0 bridgehead atoms. The second kappa shape index (κ2) is 10.1. The van der Waals surface area contributed by atoms with E-state index < -0.39 is 9.84 Å². The number of carbonyl (C=O) groups is 2. The Morgan fingerprint density at radius 2 is 1.55 bits per heavy atom. The van der Waals surface area contributed by atoms with E-state index in [4.69, 9.17) is 9.47 Å². The molecule has 4 fully saturated rings. The molecule has 188 valence electrons. The molecule has 2 heterocycles. The van der Waals surface area contributed by atoms with E-state index in [-0.39, 0.29) is 41.5 Å². The highest BCUT2D eigenvalue weighted by Crippen LogP contribution is 2.43. The first-order chi connectivity index (χ1) is 15.6. The van der Waals surface area contributed by atoms with Gasteiger partial charge in [-0.1, -0.05) is 0 Å². The predicted molar refractivity (Wildman–Crippen MR) is 125 cm³/mol.